The number of benzene rings is 2. The summed E-state index contributed by atoms with van der Waals surface area (Å²) in [5, 5.41) is 7.22. The minimum absolute atomic E-state index is 0. The molecule has 2 atom stereocenters. The van der Waals surface area contributed by atoms with E-state index in [0.29, 0.717) is 6.04 Å². The van der Waals surface area contributed by atoms with Gasteiger partial charge in [-0.05, 0) is 48.9 Å². The number of likely N-dealkylation sites (N-methyl/N-ethyl adjacent to an activating group) is 1. The third-order valence-electron chi connectivity index (χ3n) is 6.51. The number of hydrogen-bond donors (Lipinski definition) is 2. The van der Waals surface area contributed by atoms with Gasteiger partial charge in [0.25, 0.3) is 0 Å². The van der Waals surface area contributed by atoms with Crippen LogP contribution in [0.1, 0.15) is 24.0 Å². The summed E-state index contributed by atoms with van der Waals surface area (Å²) in [6, 6.07) is 17.3. The van der Waals surface area contributed by atoms with E-state index in [-0.39, 0.29) is 42.5 Å². The lowest BCUT2D eigenvalue weighted by Crippen LogP contribution is -2.50. The van der Waals surface area contributed by atoms with Gasteiger partial charge in [-0.3, -0.25) is 4.79 Å². The number of rotatable bonds is 6. The van der Waals surface area contributed by atoms with Crippen LogP contribution in [0.15, 0.2) is 53.5 Å². The first-order valence-electron chi connectivity index (χ1n) is 11.8. The zero-order chi connectivity index (χ0) is 23.2. The summed E-state index contributed by atoms with van der Waals surface area (Å²) in [4.78, 5) is 20.8. The zero-order valence-corrected chi connectivity index (χ0v) is 22.6. The summed E-state index contributed by atoms with van der Waals surface area (Å²) in [7, 11) is 5.24. The molecule has 2 aromatic carbocycles. The number of carbonyl (C=O) groups is 1. The van der Waals surface area contributed by atoms with Gasteiger partial charge in [-0.15, -0.1) is 24.0 Å². The number of nitrogens with zero attached hydrogens (tertiary/aromatic N) is 3. The Balaban J connectivity index is 0.00000324. The van der Waals surface area contributed by atoms with Gasteiger partial charge in [0.05, 0.1) is 12.8 Å². The summed E-state index contributed by atoms with van der Waals surface area (Å²) in [5.74, 6) is 1.61. The minimum Gasteiger partial charge on any atom is -0.495 e. The highest BCUT2D eigenvalue weighted by Gasteiger charge is 2.26. The Labute approximate surface area is 220 Å². The number of fused-ring (bicyclic) bond motifs is 1. The second-order valence-corrected chi connectivity index (χ2v) is 9.05. The highest BCUT2D eigenvalue weighted by molar-refractivity contribution is 14.0. The third kappa shape index (κ3) is 6.55. The lowest BCUT2D eigenvalue weighted by Gasteiger charge is -2.28. The average Bonchev–Trinajstić information content (AvgIpc) is 3.30. The van der Waals surface area contributed by atoms with E-state index in [4.69, 9.17) is 4.74 Å². The van der Waals surface area contributed by atoms with Crippen molar-refractivity contribution in [2.24, 2.45) is 4.99 Å². The summed E-state index contributed by atoms with van der Waals surface area (Å²) in [6.07, 6.45) is 4.07. The second kappa shape index (κ2) is 12.3. The van der Waals surface area contributed by atoms with Crippen LogP contribution < -0.4 is 20.3 Å². The SMILES string of the molecule is COc1ccccc1N1CCC(NC(=NCC(=O)N(C)C)NC2CCc3ccccc3C2)C1.I. The van der Waals surface area contributed by atoms with Crippen molar-refractivity contribution in [3.05, 3.63) is 59.7 Å². The van der Waals surface area contributed by atoms with E-state index in [2.05, 4.69) is 50.9 Å². The van der Waals surface area contributed by atoms with Crippen LogP contribution in [-0.2, 0) is 17.6 Å². The fourth-order valence-corrected chi connectivity index (χ4v) is 4.62. The first-order valence-corrected chi connectivity index (χ1v) is 11.8. The molecule has 1 aliphatic heterocycles. The number of anilines is 1. The van der Waals surface area contributed by atoms with E-state index < -0.39 is 0 Å². The van der Waals surface area contributed by atoms with Gasteiger partial charge in [-0.2, -0.15) is 0 Å². The predicted molar refractivity (Wildman–Crippen MR) is 149 cm³/mol. The first-order chi connectivity index (χ1) is 16.0. The Morgan fingerprint density at radius 2 is 1.76 bits per heavy atom. The molecule has 2 N–H and O–H groups in total. The summed E-state index contributed by atoms with van der Waals surface area (Å²) >= 11 is 0. The van der Waals surface area contributed by atoms with Crippen LogP contribution in [0.3, 0.4) is 0 Å². The van der Waals surface area contributed by atoms with Crippen molar-refractivity contribution in [3.63, 3.8) is 0 Å². The second-order valence-electron chi connectivity index (χ2n) is 9.05. The molecule has 0 radical (unpaired) electrons. The molecule has 0 spiro atoms. The molecule has 2 unspecified atom stereocenters. The van der Waals surface area contributed by atoms with Gasteiger partial charge in [0.1, 0.15) is 12.3 Å². The molecule has 1 amide bonds. The van der Waals surface area contributed by atoms with Gasteiger partial charge in [0, 0.05) is 39.3 Å². The smallest absolute Gasteiger partial charge is 0.243 e. The Kier molecular flexibility index (Phi) is 9.44. The number of aryl methyl sites for hydroxylation is 1. The molecule has 7 nitrogen and oxygen atoms in total. The molecule has 1 heterocycles. The monoisotopic (exact) mass is 577 g/mol. The fraction of sp³-hybridized carbons (Fsp3) is 0.462. The Hall–Kier alpha value is -2.49. The van der Waals surface area contributed by atoms with Gasteiger partial charge in [0.15, 0.2) is 5.96 Å². The average molecular weight is 578 g/mol. The number of ether oxygens (including phenoxy) is 1. The van der Waals surface area contributed by atoms with E-state index in [9.17, 15) is 4.79 Å². The van der Waals surface area contributed by atoms with Crippen molar-refractivity contribution in [1.29, 1.82) is 0 Å². The Morgan fingerprint density at radius 1 is 1.06 bits per heavy atom. The largest absolute Gasteiger partial charge is 0.495 e. The molecule has 2 aromatic rings. The van der Waals surface area contributed by atoms with Crippen LogP contribution in [0.4, 0.5) is 5.69 Å². The molecule has 1 saturated heterocycles. The van der Waals surface area contributed by atoms with E-state index in [1.807, 2.05) is 18.2 Å². The number of nitrogens with one attached hydrogen (secondary N) is 2. The van der Waals surface area contributed by atoms with Crippen molar-refractivity contribution in [3.8, 4) is 5.75 Å². The van der Waals surface area contributed by atoms with Crippen LogP contribution >= 0.6 is 24.0 Å². The van der Waals surface area contributed by atoms with Crippen molar-refractivity contribution in [2.75, 3.05) is 45.7 Å². The fourth-order valence-electron chi connectivity index (χ4n) is 4.62. The molecule has 34 heavy (non-hydrogen) atoms. The van der Waals surface area contributed by atoms with Crippen LogP contribution in [-0.4, -0.2) is 69.7 Å². The molecule has 184 valence electrons. The number of carbonyl (C=O) groups excluding carboxylic acids is 1. The summed E-state index contributed by atoms with van der Waals surface area (Å²) in [5.41, 5.74) is 3.95. The molecule has 0 saturated carbocycles. The summed E-state index contributed by atoms with van der Waals surface area (Å²) < 4.78 is 5.55. The molecule has 0 bridgehead atoms. The normalized spacial score (nSPS) is 19.6. The molecule has 4 rings (SSSR count). The number of hydrogen-bond acceptors (Lipinski definition) is 4. The van der Waals surface area contributed by atoms with Gasteiger partial charge >= 0.3 is 0 Å². The quantitative estimate of drug-likeness (QED) is 0.314. The van der Waals surface area contributed by atoms with Gasteiger partial charge in [-0.25, -0.2) is 4.99 Å². The highest BCUT2D eigenvalue weighted by atomic mass is 127. The topological polar surface area (TPSA) is 69.2 Å². The Bertz CT molecular complexity index is 997. The summed E-state index contributed by atoms with van der Waals surface area (Å²) in [6.45, 7) is 1.93. The molecular formula is C26H36IN5O2. The number of methoxy groups -OCH3 is 1. The lowest BCUT2D eigenvalue weighted by atomic mass is 9.88. The van der Waals surface area contributed by atoms with Gasteiger partial charge in [0.2, 0.25) is 5.91 Å². The lowest BCUT2D eigenvalue weighted by molar-refractivity contribution is -0.127. The number of aliphatic imine (C=N–C) groups is 1. The number of guanidine groups is 1. The highest BCUT2D eigenvalue weighted by Crippen LogP contribution is 2.30. The van der Waals surface area contributed by atoms with Crippen LogP contribution in [0.2, 0.25) is 0 Å². The van der Waals surface area contributed by atoms with Crippen molar-refractivity contribution < 1.29 is 9.53 Å². The zero-order valence-electron chi connectivity index (χ0n) is 20.3. The van der Waals surface area contributed by atoms with Gasteiger partial charge < -0.3 is 25.2 Å². The maximum absolute atomic E-state index is 12.2. The van der Waals surface area contributed by atoms with Gasteiger partial charge in [-0.1, -0.05) is 36.4 Å². The standard InChI is InChI=1S/C26H35N5O2.HI/c1-30(2)25(32)17-27-26(28-21-13-12-19-8-4-5-9-20(19)16-21)29-22-14-15-31(18-22)23-10-6-7-11-24(23)33-3;/h4-11,21-22H,12-18H2,1-3H3,(H2,27,28,29);1H. The maximum Gasteiger partial charge on any atom is 0.243 e. The molecule has 8 heteroatoms. The number of halogens is 1. The first kappa shape index (κ1) is 26.1. The van der Waals surface area contributed by atoms with Crippen LogP contribution in [0, 0.1) is 0 Å². The van der Waals surface area contributed by atoms with Crippen LogP contribution in [0.25, 0.3) is 0 Å². The number of amides is 1. The van der Waals surface area contributed by atoms with Crippen molar-refractivity contribution in [2.45, 2.75) is 37.8 Å². The predicted octanol–water partition coefficient (Wildman–Crippen LogP) is 3.07. The van der Waals surface area contributed by atoms with E-state index >= 15 is 0 Å². The molecular weight excluding hydrogens is 541 g/mol. The third-order valence-corrected chi connectivity index (χ3v) is 6.51. The molecule has 0 aromatic heterocycles. The molecule has 2 aliphatic rings. The van der Waals surface area contributed by atoms with E-state index in [0.717, 1.165) is 56.2 Å². The van der Waals surface area contributed by atoms with E-state index in [1.54, 1.807) is 26.1 Å². The minimum atomic E-state index is -0.00726. The molecule has 1 aliphatic carbocycles. The van der Waals surface area contributed by atoms with Crippen molar-refractivity contribution in [1.82, 2.24) is 15.5 Å². The van der Waals surface area contributed by atoms with Crippen molar-refractivity contribution >= 4 is 41.5 Å². The van der Waals surface area contributed by atoms with E-state index in [1.165, 1.54) is 11.1 Å². The number of para-hydroxylation sites is 2. The Morgan fingerprint density at radius 3 is 2.53 bits per heavy atom. The van der Waals surface area contributed by atoms with Crippen LogP contribution in [0.5, 0.6) is 5.75 Å². The molecule has 1 fully saturated rings. The maximum atomic E-state index is 12.2.